The molecule has 0 fully saturated rings. The molecule has 72 valence electrons. The summed E-state index contributed by atoms with van der Waals surface area (Å²) < 4.78 is 0.767. The van der Waals surface area contributed by atoms with Crippen LogP contribution in [0, 0.1) is 0 Å². The van der Waals surface area contributed by atoms with E-state index in [9.17, 15) is 5.11 Å². The van der Waals surface area contributed by atoms with Crippen LogP contribution in [0.25, 0.3) is 0 Å². The van der Waals surface area contributed by atoms with E-state index in [1.54, 1.807) is 4.90 Å². The van der Waals surface area contributed by atoms with Crippen LogP contribution in [-0.4, -0.2) is 11.3 Å². The van der Waals surface area contributed by atoms with Crippen molar-refractivity contribution < 1.29 is 5.11 Å². The van der Waals surface area contributed by atoms with Crippen LogP contribution in [-0.2, 0) is 0 Å². The molecule has 1 unspecified atom stereocenters. The standard InChI is InChI=1S/C11H10BrNO/c12-10-7-4-8-13(11(10)14)9-5-2-1-3-6-9/h1-8,11,14H. The molecule has 1 aromatic rings. The van der Waals surface area contributed by atoms with Crippen LogP contribution in [0.15, 0.2) is 53.2 Å². The number of para-hydroxylation sites is 1. The number of nitrogens with zero attached hydrogens (tertiary/aromatic N) is 1. The van der Waals surface area contributed by atoms with Crippen molar-refractivity contribution in [2.45, 2.75) is 6.23 Å². The number of benzene rings is 1. The molecule has 0 saturated heterocycles. The highest BCUT2D eigenvalue weighted by Gasteiger charge is 2.18. The summed E-state index contributed by atoms with van der Waals surface area (Å²) in [6, 6.07) is 9.76. The molecule has 3 heteroatoms. The van der Waals surface area contributed by atoms with Gasteiger partial charge in [-0.05, 0) is 24.3 Å². The van der Waals surface area contributed by atoms with Gasteiger partial charge in [-0.3, -0.25) is 0 Å². The van der Waals surface area contributed by atoms with E-state index in [4.69, 9.17) is 0 Å². The van der Waals surface area contributed by atoms with Gasteiger partial charge in [-0.15, -0.1) is 0 Å². The molecule has 1 aromatic carbocycles. The average Bonchev–Trinajstić information content (AvgIpc) is 2.23. The van der Waals surface area contributed by atoms with Crippen molar-refractivity contribution in [3.05, 3.63) is 53.2 Å². The monoisotopic (exact) mass is 251 g/mol. The topological polar surface area (TPSA) is 23.5 Å². The Bertz CT molecular complexity index is 372. The molecule has 1 atom stereocenters. The first-order chi connectivity index (χ1) is 6.79. The molecular weight excluding hydrogens is 242 g/mol. The van der Waals surface area contributed by atoms with E-state index in [2.05, 4.69) is 15.9 Å². The average molecular weight is 252 g/mol. The maximum atomic E-state index is 9.85. The number of hydrogen-bond acceptors (Lipinski definition) is 2. The highest BCUT2D eigenvalue weighted by atomic mass is 79.9. The number of rotatable bonds is 1. The first kappa shape index (κ1) is 9.49. The molecule has 14 heavy (non-hydrogen) atoms. The van der Waals surface area contributed by atoms with Crippen LogP contribution < -0.4 is 4.90 Å². The molecule has 1 N–H and O–H groups in total. The number of aliphatic hydroxyl groups is 1. The molecule has 1 aliphatic heterocycles. The Morgan fingerprint density at radius 1 is 1.21 bits per heavy atom. The molecule has 2 nitrogen and oxygen atoms in total. The van der Waals surface area contributed by atoms with E-state index in [-0.39, 0.29) is 0 Å². The van der Waals surface area contributed by atoms with Crippen molar-refractivity contribution in [1.29, 1.82) is 0 Å². The van der Waals surface area contributed by atoms with Gasteiger partial charge >= 0.3 is 0 Å². The zero-order valence-electron chi connectivity index (χ0n) is 7.47. The third-order valence-corrected chi connectivity index (χ3v) is 2.74. The Balaban J connectivity index is 2.29. The highest BCUT2D eigenvalue weighted by molar-refractivity contribution is 9.11. The van der Waals surface area contributed by atoms with Crippen LogP contribution in [0.2, 0.25) is 0 Å². The third-order valence-electron chi connectivity index (χ3n) is 2.07. The van der Waals surface area contributed by atoms with Gasteiger partial charge in [0.15, 0.2) is 6.23 Å². The quantitative estimate of drug-likeness (QED) is 0.830. The molecule has 0 saturated carbocycles. The summed E-state index contributed by atoms with van der Waals surface area (Å²) in [7, 11) is 0. The van der Waals surface area contributed by atoms with Crippen molar-refractivity contribution in [2.75, 3.05) is 4.90 Å². The van der Waals surface area contributed by atoms with Gasteiger partial charge < -0.3 is 10.0 Å². The summed E-state index contributed by atoms with van der Waals surface area (Å²) in [6.45, 7) is 0. The minimum Gasteiger partial charge on any atom is -0.368 e. The first-order valence-electron chi connectivity index (χ1n) is 4.34. The summed E-state index contributed by atoms with van der Waals surface area (Å²) in [5.41, 5.74) is 0.973. The fraction of sp³-hybridized carbons (Fsp3) is 0.0909. The minimum absolute atomic E-state index is 0.623. The van der Waals surface area contributed by atoms with E-state index in [0.29, 0.717) is 0 Å². The predicted molar refractivity (Wildman–Crippen MR) is 61.1 cm³/mol. The molecule has 0 amide bonds. The fourth-order valence-electron chi connectivity index (χ4n) is 1.36. The van der Waals surface area contributed by atoms with Gasteiger partial charge in [0.2, 0.25) is 0 Å². The second-order valence-electron chi connectivity index (χ2n) is 3.01. The van der Waals surface area contributed by atoms with Crippen molar-refractivity contribution in [1.82, 2.24) is 0 Å². The van der Waals surface area contributed by atoms with Gasteiger partial charge in [-0.1, -0.05) is 34.1 Å². The fourth-order valence-corrected chi connectivity index (χ4v) is 1.73. The van der Waals surface area contributed by atoms with Crippen LogP contribution in [0.3, 0.4) is 0 Å². The van der Waals surface area contributed by atoms with Gasteiger partial charge in [-0.25, -0.2) is 0 Å². The Morgan fingerprint density at radius 3 is 2.64 bits per heavy atom. The number of aliphatic hydroxyl groups excluding tert-OH is 1. The zero-order chi connectivity index (χ0) is 9.97. The Morgan fingerprint density at radius 2 is 1.93 bits per heavy atom. The predicted octanol–water partition coefficient (Wildman–Crippen LogP) is 2.62. The molecular formula is C11H10BrNO. The number of allylic oxidation sites excluding steroid dienone is 2. The lowest BCUT2D eigenvalue weighted by molar-refractivity contribution is 0.224. The third kappa shape index (κ3) is 1.74. The van der Waals surface area contributed by atoms with Gasteiger partial charge in [0.25, 0.3) is 0 Å². The lowest BCUT2D eigenvalue weighted by atomic mass is 10.2. The van der Waals surface area contributed by atoms with Crippen LogP contribution in [0.5, 0.6) is 0 Å². The van der Waals surface area contributed by atoms with Crippen molar-refractivity contribution in [3.63, 3.8) is 0 Å². The van der Waals surface area contributed by atoms with E-state index in [1.165, 1.54) is 0 Å². The summed E-state index contributed by atoms with van der Waals surface area (Å²) in [4.78, 5) is 1.80. The number of anilines is 1. The maximum Gasteiger partial charge on any atom is 0.163 e. The molecule has 0 spiro atoms. The SMILES string of the molecule is OC1C(Br)=CC=CN1c1ccccc1. The number of halogens is 1. The molecule has 0 aromatic heterocycles. The Kier molecular flexibility index (Phi) is 2.70. The molecule has 2 rings (SSSR count). The van der Waals surface area contributed by atoms with Gasteiger partial charge in [-0.2, -0.15) is 0 Å². The lowest BCUT2D eigenvalue weighted by Gasteiger charge is -2.28. The van der Waals surface area contributed by atoms with E-state index in [0.717, 1.165) is 10.2 Å². The number of hydrogen-bond donors (Lipinski definition) is 1. The van der Waals surface area contributed by atoms with Crippen LogP contribution in [0.1, 0.15) is 0 Å². The van der Waals surface area contributed by atoms with E-state index >= 15 is 0 Å². The van der Waals surface area contributed by atoms with E-state index < -0.39 is 6.23 Å². The van der Waals surface area contributed by atoms with Crippen molar-refractivity contribution in [2.24, 2.45) is 0 Å². The van der Waals surface area contributed by atoms with E-state index in [1.807, 2.05) is 48.7 Å². The highest BCUT2D eigenvalue weighted by Crippen LogP contribution is 2.25. The van der Waals surface area contributed by atoms with Crippen LogP contribution in [0.4, 0.5) is 5.69 Å². The summed E-state index contributed by atoms with van der Waals surface area (Å²) in [5, 5.41) is 9.85. The Hall–Kier alpha value is -1.06. The first-order valence-corrected chi connectivity index (χ1v) is 5.13. The van der Waals surface area contributed by atoms with Gasteiger partial charge in [0, 0.05) is 16.4 Å². The maximum absolute atomic E-state index is 9.85. The normalized spacial score (nSPS) is 20.9. The molecule has 1 heterocycles. The Labute approximate surface area is 91.3 Å². The summed E-state index contributed by atoms with van der Waals surface area (Å²) >= 11 is 3.31. The van der Waals surface area contributed by atoms with Crippen molar-refractivity contribution >= 4 is 21.6 Å². The van der Waals surface area contributed by atoms with Crippen LogP contribution >= 0.6 is 15.9 Å². The summed E-state index contributed by atoms with van der Waals surface area (Å²) in [5.74, 6) is 0. The smallest absolute Gasteiger partial charge is 0.163 e. The van der Waals surface area contributed by atoms with Gasteiger partial charge in [0.05, 0.1) is 0 Å². The molecule has 1 aliphatic rings. The summed E-state index contributed by atoms with van der Waals surface area (Å²) in [6.07, 6.45) is 4.96. The minimum atomic E-state index is -0.623. The molecule has 0 aliphatic carbocycles. The van der Waals surface area contributed by atoms with Gasteiger partial charge in [0.1, 0.15) is 0 Å². The lowest BCUT2D eigenvalue weighted by Crippen LogP contribution is -2.32. The molecule has 0 bridgehead atoms. The second-order valence-corrected chi connectivity index (χ2v) is 3.93. The molecule has 0 radical (unpaired) electrons. The van der Waals surface area contributed by atoms with Crippen molar-refractivity contribution in [3.8, 4) is 0 Å². The zero-order valence-corrected chi connectivity index (χ0v) is 9.05. The largest absolute Gasteiger partial charge is 0.368 e. The second kappa shape index (κ2) is 3.98.